The third kappa shape index (κ3) is 4.98. The fourth-order valence-corrected chi connectivity index (χ4v) is 5.67. The van der Waals surface area contributed by atoms with Crippen LogP contribution in [0.15, 0.2) is 72.8 Å². The monoisotopic (exact) mass is 628 g/mol. The third-order valence-corrected chi connectivity index (χ3v) is 8.42. The van der Waals surface area contributed by atoms with Gasteiger partial charge in [-0.25, -0.2) is 0 Å². The Morgan fingerprint density at radius 3 is 1.19 bits per heavy atom. The molecule has 0 radical (unpaired) electrons. The molecular formula is C28H18F6O6S2. The van der Waals surface area contributed by atoms with Crippen LogP contribution in [-0.2, 0) is 20.2 Å². The lowest BCUT2D eigenvalue weighted by Crippen LogP contribution is -2.28. The lowest BCUT2D eigenvalue weighted by atomic mass is 9.99. The van der Waals surface area contributed by atoms with Crippen LogP contribution in [0.3, 0.4) is 0 Å². The van der Waals surface area contributed by atoms with Gasteiger partial charge < -0.3 is 8.37 Å². The highest BCUT2D eigenvalue weighted by atomic mass is 32.2. The topological polar surface area (TPSA) is 86.7 Å². The van der Waals surface area contributed by atoms with E-state index in [0.717, 1.165) is 12.1 Å². The molecule has 0 amide bonds. The molecule has 1 aliphatic rings. The van der Waals surface area contributed by atoms with Gasteiger partial charge in [-0.2, -0.15) is 43.2 Å². The number of alkyl halides is 6. The molecule has 0 spiro atoms. The van der Waals surface area contributed by atoms with Crippen molar-refractivity contribution in [3.05, 3.63) is 126 Å². The smallest absolute Gasteiger partial charge is 0.375 e. The van der Waals surface area contributed by atoms with Crippen molar-refractivity contribution in [2.75, 3.05) is 0 Å². The van der Waals surface area contributed by atoms with E-state index >= 15 is 0 Å². The first-order valence-corrected chi connectivity index (χ1v) is 14.7. The Bertz CT molecular complexity index is 2220. The Hall–Kier alpha value is -4.04. The second kappa shape index (κ2) is 9.76. The number of aryl methyl sites for hydroxylation is 2. The summed E-state index contributed by atoms with van der Waals surface area (Å²) in [6.07, 6.45) is 0. The van der Waals surface area contributed by atoms with Crippen LogP contribution in [0.1, 0.15) is 11.1 Å². The van der Waals surface area contributed by atoms with E-state index in [2.05, 4.69) is 8.37 Å². The van der Waals surface area contributed by atoms with E-state index in [1.807, 2.05) is 0 Å². The molecule has 42 heavy (non-hydrogen) atoms. The van der Waals surface area contributed by atoms with Crippen molar-refractivity contribution in [2.45, 2.75) is 24.9 Å². The zero-order valence-corrected chi connectivity index (χ0v) is 23.1. The van der Waals surface area contributed by atoms with Gasteiger partial charge in [-0.3, -0.25) is 0 Å². The zero-order valence-electron chi connectivity index (χ0n) is 21.5. The lowest BCUT2D eigenvalue weighted by molar-refractivity contribution is -0.0505. The third-order valence-electron chi connectivity index (χ3n) is 6.49. The summed E-state index contributed by atoms with van der Waals surface area (Å²) in [5.41, 5.74) is -10.3. The molecule has 0 N–H and O–H groups in total. The van der Waals surface area contributed by atoms with Gasteiger partial charge in [0.1, 0.15) is 0 Å². The second-order valence-corrected chi connectivity index (χ2v) is 12.5. The standard InChI is InChI=1S/C28H18F6O6S2/c1-15-9-11-17-18-12-10-16(2)14-22(18)20-6-4-8-24(40-42(37,38)28(32,33)34)26(20)25-19(21(17)13-15)5-3-7-23(25)39-41(35,36)27(29,30)31/h3-14H,1-2H3/b18-17-,21-19-,22-20-,26-25-. The SMILES string of the molecule is Cc1ccc2/c(c1)=c1/cccc(OS(=O)(=O)C(F)(F)F)/c1=c1\c(OS(=O)(=O)C(F)(F)F)ccc\c1=c1/cc(C)cc/c1=2. The zero-order chi connectivity index (χ0) is 30.8. The Balaban J connectivity index is 2.24. The molecular weight excluding hydrogens is 610 g/mol. The van der Waals surface area contributed by atoms with Gasteiger partial charge >= 0.3 is 31.3 Å². The van der Waals surface area contributed by atoms with Crippen LogP contribution in [0.4, 0.5) is 26.3 Å². The number of halogens is 6. The fraction of sp³-hybridized carbons (Fsp3) is 0.143. The number of hydrogen-bond acceptors (Lipinski definition) is 6. The minimum atomic E-state index is -6.27. The normalized spacial score (nSPS) is 16.6. The summed E-state index contributed by atoms with van der Waals surface area (Å²) in [7, 11) is -12.5. The van der Waals surface area contributed by atoms with Crippen molar-refractivity contribution in [1.29, 1.82) is 0 Å². The molecule has 5 rings (SSSR count). The van der Waals surface area contributed by atoms with Crippen LogP contribution in [0.25, 0.3) is 0 Å². The Morgan fingerprint density at radius 2 is 0.857 bits per heavy atom. The molecule has 220 valence electrons. The van der Waals surface area contributed by atoms with E-state index < -0.39 is 53.2 Å². The van der Waals surface area contributed by atoms with Crippen LogP contribution < -0.4 is 8.37 Å². The number of benzene rings is 4. The van der Waals surface area contributed by atoms with Crippen molar-refractivity contribution in [2.24, 2.45) is 0 Å². The molecule has 0 unspecified atom stereocenters. The molecule has 0 saturated carbocycles. The summed E-state index contributed by atoms with van der Waals surface area (Å²) in [6.45, 7) is 3.45. The van der Waals surface area contributed by atoms with Gasteiger partial charge in [0.25, 0.3) is 0 Å². The first-order valence-electron chi connectivity index (χ1n) is 11.9. The Morgan fingerprint density at radius 1 is 0.500 bits per heavy atom. The van der Waals surface area contributed by atoms with Crippen molar-refractivity contribution >= 4 is 20.2 Å². The van der Waals surface area contributed by atoms with Gasteiger partial charge in [0.2, 0.25) is 0 Å². The molecule has 0 aromatic heterocycles. The van der Waals surface area contributed by atoms with Crippen LogP contribution >= 0.6 is 0 Å². The molecule has 0 saturated heterocycles. The van der Waals surface area contributed by atoms with Crippen molar-refractivity contribution < 1.29 is 51.5 Å². The van der Waals surface area contributed by atoms with Gasteiger partial charge in [-0.15, -0.1) is 0 Å². The van der Waals surface area contributed by atoms with Crippen LogP contribution in [0.2, 0.25) is 0 Å². The summed E-state index contributed by atoms with van der Waals surface area (Å²) in [5, 5.41) is 1.11. The summed E-state index contributed by atoms with van der Waals surface area (Å²) in [4.78, 5) is 0. The maximum Gasteiger partial charge on any atom is 0.534 e. The predicted molar refractivity (Wildman–Crippen MR) is 137 cm³/mol. The van der Waals surface area contributed by atoms with Gasteiger partial charge in [0.05, 0.1) is 0 Å². The molecule has 14 heteroatoms. The summed E-state index contributed by atoms with van der Waals surface area (Å²) >= 11 is 0. The van der Waals surface area contributed by atoms with E-state index in [0.29, 0.717) is 32.0 Å². The summed E-state index contributed by atoms with van der Waals surface area (Å²) < 4.78 is 138. The average Bonchev–Trinajstić information content (AvgIpc) is 2.86. The maximum atomic E-state index is 13.4. The molecule has 0 atom stereocenters. The highest BCUT2D eigenvalue weighted by molar-refractivity contribution is 7.88. The van der Waals surface area contributed by atoms with Crippen LogP contribution in [0, 0.1) is 55.6 Å². The number of rotatable bonds is 4. The van der Waals surface area contributed by atoms with Crippen LogP contribution in [-0.4, -0.2) is 27.9 Å². The lowest BCUT2D eigenvalue weighted by Gasteiger charge is -2.14. The van der Waals surface area contributed by atoms with Gasteiger partial charge in [0, 0.05) is 10.4 Å². The van der Waals surface area contributed by atoms with Crippen molar-refractivity contribution in [1.82, 2.24) is 0 Å². The first-order chi connectivity index (χ1) is 19.4. The van der Waals surface area contributed by atoms with E-state index in [-0.39, 0.29) is 10.4 Å². The van der Waals surface area contributed by atoms with E-state index in [1.165, 1.54) is 24.3 Å². The van der Waals surface area contributed by atoms with Gasteiger partial charge in [0.15, 0.2) is 11.5 Å². The Labute approximate surface area is 233 Å². The van der Waals surface area contributed by atoms with E-state index in [4.69, 9.17) is 0 Å². The highest BCUT2D eigenvalue weighted by Crippen LogP contribution is 2.32. The number of fused-ring (bicyclic) bond motifs is 4. The second-order valence-electron chi connectivity index (χ2n) is 9.42. The molecule has 0 fully saturated rings. The summed E-state index contributed by atoms with van der Waals surface area (Å²) in [6, 6.07) is 17.3. The molecule has 0 aliphatic heterocycles. The average molecular weight is 629 g/mol. The first kappa shape index (κ1) is 29.5. The van der Waals surface area contributed by atoms with Crippen LogP contribution in [0.5, 0.6) is 11.5 Å². The molecule has 0 bridgehead atoms. The van der Waals surface area contributed by atoms with Gasteiger partial charge in [-0.05, 0) is 57.3 Å². The van der Waals surface area contributed by atoms with Crippen molar-refractivity contribution in [3.8, 4) is 11.5 Å². The molecule has 4 aromatic carbocycles. The van der Waals surface area contributed by atoms with E-state index in [1.54, 1.807) is 50.2 Å². The van der Waals surface area contributed by atoms with Crippen molar-refractivity contribution in [3.63, 3.8) is 0 Å². The van der Waals surface area contributed by atoms with E-state index in [9.17, 15) is 43.2 Å². The molecule has 1 aliphatic carbocycles. The summed E-state index contributed by atoms with van der Waals surface area (Å²) in [5.74, 6) is -1.81. The fourth-order valence-electron chi connectivity index (χ4n) is 4.73. The molecule has 0 heterocycles. The largest absolute Gasteiger partial charge is 0.534 e. The minimum Gasteiger partial charge on any atom is -0.375 e. The number of hydrogen-bond donors (Lipinski definition) is 0. The molecule has 4 aromatic rings. The van der Waals surface area contributed by atoms with Gasteiger partial charge in [-0.1, -0.05) is 71.8 Å². The Kier molecular flexibility index (Phi) is 6.85. The predicted octanol–water partition coefficient (Wildman–Crippen LogP) is 6.22. The maximum absolute atomic E-state index is 13.4. The quantitative estimate of drug-likeness (QED) is 0.134. The minimum absolute atomic E-state index is 0.0523. The highest BCUT2D eigenvalue weighted by Gasteiger charge is 2.49. The molecule has 6 nitrogen and oxygen atoms in total.